The largest absolute Gasteiger partial charge is 0.272 e. The number of carbonyl (C=O) groups excluding carboxylic acids is 2. The van der Waals surface area contributed by atoms with Gasteiger partial charge in [-0.3, -0.25) is 9.59 Å². The minimum Gasteiger partial charge on any atom is -0.268 e. The predicted molar refractivity (Wildman–Crippen MR) is 180 cm³/mol. The summed E-state index contributed by atoms with van der Waals surface area (Å²) in [5, 5.41) is 0.611. The Morgan fingerprint density at radius 2 is 0.739 bits per heavy atom. The fourth-order valence-corrected chi connectivity index (χ4v) is 7.58. The zero-order chi connectivity index (χ0) is 33.2. The van der Waals surface area contributed by atoms with Crippen LogP contribution in [0.5, 0.6) is 0 Å². The summed E-state index contributed by atoms with van der Waals surface area (Å²) in [6, 6.07) is 28.5. The lowest BCUT2D eigenvalue weighted by Crippen LogP contribution is -2.38. The number of sulfonamides is 2. The summed E-state index contributed by atoms with van der Waals surface area (Å²) in [5.41, 5.74) is 1.77. The van der Waals surface area contributed by atoms with E-state index in [4.69, 9.17) is 23.2 Å². The van der Waals surface area contributed by atoms with Crippen LogP contribution in [-0.4, -0.2) is 28.6 Å². The molecule has 0 N–H and O–H groups in total. The second kappa shape index (κ2) is 13.1. The van der Waals surface area contributed by atoms with Crippen LogP contribution < -0.4 is 8.61 Å². The summed E-state index contributed by atoms with van der Waals surface area (Å²) in [4.78, 5) is 27.2. The Kier molecular flexibility index (Phi) is 9.37. The third kappa shape index (κ3) is 6.70. The van der Waals surface area contributed by atoms with Crippen LogP contribution in [0.15, 0.2) is 131 Å². The van der Waals surface area contributed by atoms with Gasteiger partial charge in [-0.25, -0.2) is 16.8 Å². The molecule has 0 spiro atoms. The average molecular weight is 694 g/mol. The van der Waals surface area contributed by atoms with Crippen LogP contribution in [0.2, 0.25) is 10.0 Å². The number of aryl methyl sites for hydroxylation is 2. The highest BCUT2D eigenvalue weighted by Gasteiger charge is 2.35. The topological polar surface area (TPSA) is 109 Å². The quantitative estimate of drug-likeness (QED) is 0.165. The molecule has 46 heavy (non-hydrogen) atoms. The number of rotatable bonds is 8. The Labute approximate surface area is 277 Å². The Balaban J connectivity index is 1.64. The van der Waals surface area contributed by atoms with Crippen molar-refractivity contribution in [1.29, 1.82) is 0 Å². The molecule has 0 aromatic heterocycles. The van der Waals surface area contributed by atoms with E-state index >= 15 is 0 Å². The van der Waals surface area contributed by atoms with E-state index in [9.17, 15) is 26.4 Å². The third-order valence-electron chi connectivity index (χ3n) is 6.99. The van der Waals surface area contributed by atoms with Gasteiger partial charge in [0.25, 0.3) is 31.9 Å². The number of carbonyl (C=O) groups is 2. The first-order chi connectivity index (χ1) is 21.8. The minimum absolute atomic E-state index is 0.0871. The molecule has 0 saturated carbocycles. The third-order valence-corrected chi connectivity index (χ3v) is 10.9. The van der Waals surface area contributed by atoms with Gasteiger partial charge in [-0.15, -0.1) is 0 Å². The number of amides is 2. The molecule has 2 amide bonds. The van der Waals surface area contributed by atoms with E-state index in [1.165, 1.54) is 97.1 Å². The molecule has 0 atom stereocenters. The maximum absolute atomic E-state index is 13.9. The highest BCUT2D eigenvalue weighted by molar-refractivity contribution is 7.94. The molecule has 0 fully saturated rings. The first kappa shape index (κ1) is 32.9. The van der Waals surface area contributed by atoms with Crippen molar-refractivity contribution >= 4 is 66.4 Å². The molecule has 0 saturated heterocycles. The summed E-state index contributed by atoms with van der Waals surface area (Å²) in [6.07, 6.45) is 0. The SMILES string of the molecule is Cc1ccc(C(=O)N(c2ccc(N(C(=O)c3ccc(C)cc3)S(=O)(=O)c3ccc(Cl)cc3)cc2)S(=O)(=O)c2ccc(Cl)cc2)cc1. The summed E-state index contributed by atoms with van der Waals surface area (Å²) in [7, 11) is -8.97. The van der Waals surface area contributed by atoms with Gasteiger partial charge >= 0.3 is 0 Å². The van der Waals surface area contributed by atoms with Crippen LogP contribution in [0.4, 0.5) is 11.4 Å². The lowest BCUT2D eigenvalue weighted by atomic mass is 10.1. The van der Waals surface area contributed by atoms with Crippen molar-refractivity contribution in [2.24, 2.45) is 0 Å². The lowest BCUT2D eigenvalue weighted by Gasteiger charge is -2.25. The van der Waals surface area contributed by atoms with Crippen LogP contribution in [0.1, 0.15) is 31.8 Å². The van der Waals surface area contributed by atoms with Gasteiger partial charge in [-0.2, -0.15) is 8.61 Å². The van der Waals surface area contributed by atoms with E-state index in [2.05, 4.69) is 0 Å². The molecule has 234 valence electrons. The zero-order valence-electron chi connectivity index (χ0n) is 24.5. The molecule has 0 aliphatic carbocycles. The second-order valence-corrected chi connectivity index (χ2v) is 14.8. The van der Waals surface area contributed by atoms with E-state index in [-0.39, 0.29) is 32.3 Å². The Morgan fingerprint density at radius 1 is 0.457 bits per heavy atom. The number of hydrogen-bond acceptors (Lipinski definition) is 6. The van der Waals surface area contributed by atoms with Crippen LogP contribution in [0.25, 0.3) is 0 Å². The molecular formula is C34H26Cl2N2O6S2. The maximum atomic E-state index is 13.9. The van der Waals surface area contributed by atoms with E-state index in [1.54, 1.807) is 24.3 Å². The van der Waals surface area contributed by atoms with Crippen LogP contribution in [-0.2, 0) is 20.0 Å². The van der Waals surface area contributed by atoms with Crippen molar-refractivity contribution in [3.05, 3.63) is 154 Å². The van der Waals surface area contributed by atoms with Crippen molar-refractivity contribution in [1.82, 2.24) is 0 Å². The smallest absolute Gasteiger partial charge is 0.268 e. The van der Waals surface area contributed by atoms with E-state index in [1.807, 2.05) is 13.8 Å². The molecule has 0 bridgehead atoms. The Bertz CT molecular complexity index is 1960. The van der Waals surface area contributed by atoms with Crippen LogP contribution in [0.3, 0.4) is 0 Å². The van der Waals surface area contributed by atoms with Gasteiger partial charge in [0.2, 0.25) is 0 Å². The minimum atomic E-state index is -4.49. The van der Waals surface area contributed by atoms with Gasteiger partial charge in [0, 0.05) is 21.2 Å². The molecule has 5 rings (SSSR count). The molecule has 0 unspecified atom stereocenters. The number of nitrogens with zero attached hydrogens (tertiary/aromatic N) is 2. The van der Waals surface area contributed by atoms with E-state index in [0.29, 0.717) is 18.7 Å². The van der Waals surface area contributed by atoms with Crippen molar-refractivity contribution in [3.8, 4) is 0 Å². The zero-order valence-corrected chi connectivity index (χ0v) is 27.6. The monoisotopic (exact) mass is 692 g/mol. The molecule has 8 nitrogen and oxygen atoms in total. The standard InChI is InChI=1S/C34H26Cl2N2O6S2/c1-23-3-7-25(8-4-23)33(39)37(45(41,42)31-19-11-27(35)12-20-31)29-15-17-30(18-16-29)38(34(40)26-9-5-24(2)6-10-26)46(43,44)32-21-13-28(36)14-22-32/h3-22H,1-2H3. The fraction of sp³-hybridized carbons (Fsp3) is 0.0588. The van der Waals surface area contributed by atoms with Crippen molar-refractivity contribution < 1.29 is 26.4 Å². The molecular weight excluding hydrogens is 667 g/mol. The van der Waals surface area contributed by atoms with Gasteiger partial charge in [0.05, 0.1) is 21.2 Å². The van der Waals surface area contributed by atoms with Gasteiger partial charge in [-0.05, 0) is 111 Å². The summed E-state index contributed by atoms with van der Waals surface area (Å²) < 4.78 is 57.0. The van der Waals surface area contributed by atoms with Gasteiger partial charge < -0.3 is 0 Å². The second-order valence-electron chi connectivity index (χ2n) is 10.3. The summed E-state index contributed by atoms with van der Waals surface area (Å²) >= 11 is 12.0. The highest BCUT2D eigenvalue weighted by atomic mass is 35.5. The van der Waals surface area contributed by atoms with Crippen molar-refractivity contribution in [3.63, 3.8) is 0 Å². The predicted octanol–water partition coefficient (Wildman–Crippen LogP) is 7.68. The van der Waals surface area contributed by atoms with Gasteiger partial charge in [0.1, 0.15) is 0 Å². The molecule has 12 heteroatoms. The van der Waals surface area contributed by atoms with Crippen LogP contribution in [0, 0.1) is 13.8 Å². The van der Waals surface area contributed by atoms with Crippen molar-refractivity contribution in [2.45, 2.75) is 23.6 Å². The summed E-state index contributed by atoms with van der Waals surface area (Å²) in [6.45, 7) is 3.66. The van der Waals surface area contributed by atoms with Crippen molar-refractivity contribution in [2.75, 3.05) is 8.61 Å². The average Bonchev–Trinajstić information content (AvgIpc) is 3.03. The number of benzene rings is 5. The fourth-order valence-electron chi connectivity index (χ4n) is 4.50. The number of halogens is 2. The molecule has 0 aliphatic rings. The molecule has 5 aromatic rings. The van der Waals surface area contributed by atoms with Gasteiger partial charge in [0.15, 0.2) is 0 Å². The normalized spacial score (nSPS) is 11.6. The molecule has 0 radical (unpaired) electrons. The molecule has 5 aromatic carbocycles. The molecule has 0 heterocycles. The van der Waals surface area contributed by atoms with Crippen LogP contribution >= 0.6 is 23.2 Å². The molecule has 0 aliphatic heterocycles. The maximum Gasteiger partial charge on any atom is 0.272 e. The number of anilines is 2. The Morgan fingerprint density at radius 3 is 1.02 bits per heavy atom. The Hall–Kier alpha value is -4.48. The van der Waals surface area contributed by atoms with E-state index in [0.717, 1.165) is 11.1 Å². The van der Waals surface area contributed by atoms with Gasteiger partial charge in [-0.1, -0.05) is 58.6 Å². The first-order valence-corrected chi connectivity index (χ1v) is 17.4. The first-order valence-electron chi connectivity index (χ1n) is 13.7. The highest BCUT2D eigenvalue weighted by Crippen LogP contribution is 2.32. The lowest BCUT2D eigenvalue weighted by molar-refractivity contribution is 0.0996. The summed E-state index contributed by atoms with van der Waals surface area (Å²) in [5.74, 6) is -1.69. The number of hydrogen-bond donors (Lipinski definition) is 0. The van der Waals surface area contributed by atoms with E-state index < -0.39 is 31.9 Å².